The zero-order valence-corrected chi connectivity index (χ0v) is 12.6. The van der Waals surface area contributed by atoms with Crippen molar-refractivity contribution in [2.75, 3.05) is 11.1 Å². The Morgan fingerprint density at radius 3 is 2.67 bits per heavy atom. The van der Waals surface area contributed by atoms with E-state index in [0.29, 0.717) is 11.6 Å². The highest BCUT2D eigenvalue weighted by Gasteiger charge is 2.15. The van der Waals surface area contributed by atoms with E-state index in [-0.39, 0.29) is 17.5 Å². The Morgan fingerprint density at radius 2 is 2.05 bits per heavy atom. The molecular formula is C14H17ClN4O2. The molecule has 0 spiro atoms. The van der Waals surface area contributed by atoms with Crippen LogP contribution in [0.4, 0.5) is 11.5 Å². The largest absolute Gasteiger partial charge is 0.383 e. The first-order valence-corrected chi connectivity index (χ1v) is 6.97. The Labute approximate surface area is 126 Å². The van der Waals surface area contributed by atoms with Gasteiger partial charge in [-0.3, -0.25) is 14.3 Å². The fourth-order valence-electron chi connectivity index (χ4n) is 2.16. The van der Waals surface area contributed by atoms with E-state index in [2.05, 4.69) is 10.3 Å². The Balaban J connectivity index is 2.43. The normalized spacial score (nSPS) is 12.1. The van der Waals surface area contributed by atoms with E-state index in [0.717, 1.165) is 5.56 Å². The summed E-state index contributed by atoms with van der Waals surface area (Å²) in [5.74, 6) is 0.116. The highest BCUT2D eigenvalue weighted by Crippen LogP contribution is 2.25. The van der Waals surface area contributed by atoms with Gasteiger partial charge >= 0.3 is 5.69 Å². The van der Waals surface area contributed by atoms with E-state index >= 15 is 0 Å². The fraction of sp³-hybridized carbons (Fsp3) is 0.286. The molecule has 0 bridgehead atoms. The van der Waals surface area contributed by atoms with E-state index in [1.807, 2.05) is 25.1 Å². The lowest BCUT2D eigenvalue weighted by molar-refractivity contribution is 0.703. The van der Waals surface area contributed by atoms with Crippen LogP contribution in [0.2, 0.25) is 5.02 Å². The van der Waals surface area contributed by atoms with Gasteiger partial charge in [0.15, 0.2) is 0 Å². The molecule has 1 heterocycles. The van der Waals surface area contributed by atoms with Gasteiger partial charge < -0.3 is 11.1 Å². The second-order valence-electron chi connectivity index (χ2n) is 4.65. The van der Waals surface area contributed by atoms with Crippen LogP contribution in [-0.2, 0) is 6.54 Å². The number of anilines is 2. The maximum absolute atomic E-state index is 11.9. The van der Waals surface area contributed by atoms with Gasteiger partial charge in [-0.1, -0.05) is 29.8 Å². The van der Waals surface area contributed by atoms with Gasteiger partial charge in [0.05, 0.1) is 6.04 Å². The van der Waals surface area contributed by atoms with Crippen molar-refractivity contribution < 1.29 is 0 Å². The summed E-state index contributed by atoms with van der Waals surface area (Å²) in [6.45, 7) is 4.01. The molecule has 0 saturated heterocycles. The summed E-state index contributed by atoms with van der Waals surface area (Å²) in [6, 6.07) is 7.09. The van der Waals surface area contributed by atoms with Crippen LogP contribution < -0.4 is 22.3 Å². The van der Waals surface area contributed by atoms with Crippen molar-refractivity contribution in [3.05, 3.63) is 55.7 Å². The molecule has 4 N–H and O–H groups in total. The topological polar surface area (TPSA) is 92.9 Å². The molecule has 21 heavy (non-hydrogen) atoms. The lowest BCUT2D eigenvalue weighted by atomic mass is 10.1. The first-order valence-electron chi connectivity index (χ1n) is 6.59. The number of aromatic nitrogens is 2. The molecule has 0 aliphatic carbocycles. The highest BCUT2D eigenvalue weighted by molar-refractivity contribution is 6.31. The quantitative estimate of drug-likeness (QED) is 0.805. The molecule has 0 aliphatic rings. The minimum absolute atomic E-state index is 0.116. The Bertz CT molecular complexity index is 766. The monoisotopic (exact) mass is 308 g/mol. The molecule has 1 atom stereocenters. The number of benzene rings is 1. The van der Waals surface area contributed by atoms with Crippen molar-refractivity contribution in [3.63, 3.8) is 0 Å². The van der Waals surface area contributed by atoms with Gasteiger partial charge in [0.1, 0.15) is 11.5 Å². The number of hydrogen-bond acceptors (Lipinski definition) is 4. The fourth-order valence-corrected chi connectivity index (χ4v) is 2.46. The lowest BCUT2D eigenvalue weighted by Gasteiger charge is -2.18. The second-order valence-corrected chi connectivity index (χ2v) is 5.06. The van der Waals surface area contributed by atoms with Crippen LogP contribution in [0.1, 0.15) is 25.5 Å². The molecule has 6 nitrogen and oxygen atoms in total. The number of hydrogen-bond donors (Lipinski definition) is 3. The predicted molar refractivity (Wildman–Crippen MR) is 84.9 cm³/mol. The van der Waals surface area contributed by atoms with Crippen LogP contribution >= 0.6 is 11.6 Å². The maximum atomic E-state index is 11.9. The molecule has 2 rings (SSSR count). The van der Waals surface area contributed by atoms with Crippen LogP contribution in [0.3, 0.4) is 0 Å². The van der Waals surface area contributed by atoms with Crippen molar-refractivity contribution in [2.45, 2.75) is 26.4 Å². The van der Waals surface area contributed by atoms with Crippen molar-refractivity contribution in [1.82, 2.24) is 9.55 Å². The Hall–Kier alpha value is -2.21. The number of nitrogens with two attached hydrogens (primary N) is 1. The summed E-state index contributed by atoms with van der Waals surface area (Å²) in [7, 11) is 0. The van der Waals surface area contributed by atoms with E-state index in [1.165, 1.54) is 4.57 Å². The standard InChI is InChI=1S/C14H17ClN4O2/c1-3-19-12(16)11(13(20)18-14(19)21)17-8(2)9-6-4-5-7-10(9)15/h4-8,17H,3,16H2,1-2H3,(H,18,20,21). The van der Waals surface area contributed by atoms with E-state index in [1.54, 1.807) is 13.0 Å². The number of nitrogens with one attached hydrogen (secondary N) is 2. The Morgan fingerprint density at radius 1 is 1.38 bits per heavy atom. The summed E-state index contributed by atoms with van der Waals surface area (Å²) in [4.78, 5) is 25.8. The van der Waals surface area contributed by atoms with Crippen LogP contribution in [0, 0.1) is 0 Å². The van der Waals surface area contributed by atoms with Gasteiger partial charge in [0, 0.05) is 11.6 Å². The molecule has 0 aliphatic heterocycles. The molecule has 0 radical (unpaired) electrons. The third-order valence-corrected chi connectivity index (χ3v) is 3.63. The zero-order valence-electron chi connectivity index (χ0n) is 11.8. The molecule has 1 aromatic heterocycles. The number of halogens is 1. The number of nitrogens with zero attached hydrogens (tertiary/aromatic N) is 1. The molecule has 0 saturated carbocycles. The minimum atomic E-state index is -0.541. The van der Waals surface area contributed by atoms with Crippen LogP contribution in [0.25, 0.3) is 0 Å². The number of H-pyrrole nitrogens is 1. The van der Waals surface area contributed by atoms with Gasteiger partial charge in [-0.05, 0) is 25.5 Å². The van der Waals surface area contributed by atoms with Crippen LogP contribution in [0.5, 0.6) is 0 Å². The zero-order chi connectivity index (χ0) is 15.6. The molecule has 1 unspecified atom stereocenters. The van der Waals surface area contributed by atoms with Crippen LogP contribution in [-0.4, -0.2) is 9.55 Å². The average molecular weight is 309 g/mol. The third-order valence-electron chi connectivity index (χ3n) is 3.29. The molecule has 0 amide bonds. The van der Waals surface area contributed by atoms with Crippen molar-refractivity contribution in [2.24, 2.45) is 0 Å². The van der Waals surface area contributed by atoms with Crippen molar-refractivity contribution >= 4 is 23.1 Å². The summed E-state index contributed by atoms with van der Waals surface area (Å²) >= 11 is 6.14. The SMILES string of the molecule is CCn1c(N)c(NC(C)c2ccccc2Cl)c(=O)[nH]c1=O. The summed E-state index contributed by atoms with van der Waals surface area (Å²) in [5, 5.41) is 3.62. The smallest absolute Gasteiger partial charge is 0.330 e. The maximum Gasteiger partial charge on any atom is 0.330 e. The molecule has 0 fully saturated rings. The Kier molecular flexibility index (Phi) is 4.37. The first-order chi connectivity index (χ1) is 9.95. The van der Waals surface area contributed by atoms with Gasteiger partial charge in [0.2, 0.25) is 0 Å². The van der Waals surface area contributed by atoms with E-state index < -0.39 is 11.2 Å². The summed E-state index contributed by atoms with van der Waals surface area (Å²) in [5.41, 5.74) is 5.86. The van der Waals surface area contributed by atoms with Gasteiger partial charge in [-0.15, -0.1) is 0 Å². The second kappa shape index (κ2) is 6.05. The predicted octanol–water partition coefficient (Wildman–Crippen LogP) is 1.97. The van der Waals surface area contributed by atoms with Crippen molar-refractivity contribution in [3.8, 4) is 0 Å². The van der Waals surface area contributed by atoms with Gasteiger partial charge in [-0.2, -0.15) is 0 Å². The number of nitrogen functional groups attached to an aromatic ring is 1. The third kappa shape index (κ3) is 2.95. The molecule has 2 aromatic rings. The number of rotatable bonds is 4. The first kappa shape index (κ1) is 15.2. The minimum Gasteiger partial charge on any atom is -0.383 e. The van der Waals surface area contributed by atoms with Crippen molar-refractivity contribution in [1.29, 1.82) is 0 Å². The average Bonchev–Trinajstić information content (AvgIpc) is 2.44. The number of aromatic amines is 1. The molecule has 7 heteroatoms. The highest BCUT2D eigenvalue weighted by atomic mass is 35.5. The van der Waals surface area contributed by atoms with Gasteiger partial charge in [-0.25, -0.2) is 4.79 Å². The van der Waals surface area contributed by atoms with E-state index in [9.17, 15) is 9.59 Å². The molecular weight excluding hydrogens is 292 g/mol. The van der Waals surface area contributed by atoms with Crippen LogP contribution in [0.15, 0.2) is 33.9 Å². The van der Waals surface area contributed by atoms with Gasteiger partial charge in [0.25, 0.3) is 5.56 Å². The summed E-state index contributed by atoms with van der Waals surface area (Å²) < 4.78 is 1.29. The lowest BCUT2D eigenvalue weighted by Crippen LogP contribution is -2.34. The van der Waals surface area contributed by atoms with E-state index in [4.69, 9.17) is 17.3 Å². The molecule has 1 aromatic carbocycles. The molecule has 112 valence electrons. The summed E-state index contributed by atoms with van der Waals surface area (Å²) in [6.07, 6.45) is 0.